The number of rotatable bonds is 4. The third-order valence-electron chi connectivity index (χ3n) is 3.59. The summed E-state index contributed by atoms with van der Waals surface area (Å²) in [7, 11) is 1.65. The molecule has 0 aliphatic heterocycles. The normalized spacial score (nSPS) is 15.7. The lowest BCUT2D eigenvalue weighted by molar-refractivity contribution is 0.415. The van der Waals surface area contributed by atoms with Crippen LogP contribution in [0.1, 0.15) is 25.7 Å². The lowest BCUT2D eigenvalue weighted by atomic mass is 10.2. The van der Waals surface area contributed by atoms with Crippen LogP contribution in [0, 0.1) is 0 Å². The molecule has 106 valence electrons. The zero-order valence-corrected chi connectivity index (χ0v) is 12.3. The summed E-state index contributed by atoms with van der Waals surface area (Å²) >= 11 is 1.74. The largest absolute Gasteiger partial charge is 0.497 e. The molecule has 3 rings (SSSR count). The molecule has 2 N–H and O–H groups in total. The average Bonchev–Trinajstić information content (AvgIpc) is 3.11. The summed E-state index contributed by atoms with van der Waals surface area (Å²) < 4.78 is 6.74. The van der Waals surface area contributed by atoms with Crippen LogP contribution in [0.5, 0.6) is 5.75 Å². The number of nitrogens with two attached hydrogens (primary N) is 1. The first-order valence-electron chi connectivity index (χ1n) is 6.79. The van der Waals surface area contributed by atoms with Crippen LogP contribution in [-0.4, -0.2) is 27.2 Å². The maximum Gasteiger partial charge on any atom is 0.210 e. The second-order valence-electron chi connectivity index (χ2n) is 4.93. The number of benzene rings is 1. The molecule has 5 nitrogen and oxygen atoms in total. The van der Waals surface area contributed by atoms with E-state index in [0.717, 1.165) is 16.5 Å². The highest BCUT2D eigenvalue weighted by molar-refractivity contribution is 7.99. The van der Waals surface area contributed by atoms with Crippen molar-refractivity contribution in [1.82, 2.24) is 14.9 Å². The van der Waals surface area contributed by atoms with Gasteiger partial charge in [0.25, 0.3) is 0 Å². The van der Waals surface area contributed by atoms with Gasteiger partial charge in [0, 0.05) is 10.8 Å². The molecule has 1 saturated carbocycles. The van der Waals surface area contributed by atoms with Crippen LogP contribution in [0.15, 0.2) is 29.4 Å². The Morgan fingerprint density at radius 1 is 1.20 bits per heavy atom. The minimum absolute atomic E-state index is 0.630. The zero-order valence-electron chi connectivity index (χ0n) is 11.5. The standard InChI is InChI=1S/C14H18N4OS/c1-19-11-8-6-10(7-9-11)13-16-17-14(18(13)15)20-12-4-2-3-5-12/h6-9,12H,2-5,15H2,1H3. The Hall–Kier alpha value is -1.69. The molecule has 1 aliphatic carbocycles. The van der Waals surface area contributed by atoms with E-state index in [-0.39, 0.29) is 0 Å². The van der Waals surface area contributed by atoms with E-state index in [1.165, 1.54) is 25.7 Å². The molecule has 0 radical (unpaired) electrons. The van der Waals surface area contributed by atoms with Crippen molar-refractivity contribution in [2.75, 3.05) is 13.0 Å². The predicted molar refractivity (Wildman–Crippen MR) is 80.3 cm³/mol. The molecule has 1 aromatic carbocycles. The van der Waals surface area contributed by atoms with Crippen molar-refractivity contribution in [2.24, 2.45) is 0 Å². The molecule has 0 saturated heterocycles. The quantitative estimate of drug-likeness (QED) is 0.877. The van der Waals surface area contributed by atoms with E-state index in [0.29, 0.717) is 11.1 Å². The summed E-state index contributed by atoms with van der Waals surface area (Å²) in [5.41, 5.74) is 0.944. The monoisotopic (exact) mass is 290 g/mol. The minimum atomic E-state index is 0.630. The highest BCUT2D eigenvalue weighted by Gasteiger charge is 2.20. The molecule has 0 atom stereocenters. The molecule has 0 unspecified atom stereocenters. The molecule has 2 aromatic rings. The third-order valence-corrected chi connectivity index (χ3v) is 4.88. The maximum atomic E-state index is 6.12. The van der Waals surface area contributed by atoms with E-state index in [1.807, 2.05) is 24.3 Å². The van der Waals surface area contributed by atoms with Gasteiger partial charge in [0.05, 0.1) is 7.11 Å². The van der Waals surface area contributed by atoms with E-state index in [2.05, 4.69) is 10.2 Å². The average molecular weight is 290 g/mol. The summed E-state index contributed by atoms with van der Waals surface area (Å²) in [6.07, 6.45) is 5.11. The first kappa shape index (κ1) is 13.3. The number of thioether (sulfide) groups is 1. The lowest BCUT2D eigenvalue weighted by Gasteiger charge is -2.08. The Morgan fingerprint density at radius 3 is 2.55 bits per heavy atom. The Balaban J connectivity index is 1.81. The van der Waals surface area contributed by atoms with Crippen molar-refractivity contribution in [3.05, 3.63) is 24.3 Å². The number of hydrogen-bond donors (Lipinski definition) is 1. The second kappa shape index (κ2) is 5.75. The molecule has 6 heteroatoms. The van der Waals surface area contributed by atoms with E-state index < -0.39 is 0 Å². The summed E-state index contributed by atoms with van der Waals surface area (Å²) in [4.78, 5) is 0. The highest BCUT2D eigenvalue weighted by atomic mass is 32.2. The van der Waals surface area contributed by atoms with Crippen molar-refractivity contribution in [1.29, 1.82) is 0 Å². The molecular weight excluding hydrogens is 272 g/mol. The van der Waals surface area contributed by atoms with Gasteiger partial charge in [0.1, 0.15) is 5.75 Å². The van der Waals surface area contributed by atoms with Crippen LogP contribution in [0.2, 0.25) is 0 Å². The van der Waals surface area contributed by atoms with Gasteiger partial charge in [-0.25, -0.2) is 4.68 Å². The molecule has 1 aliphatic rings. The van der Waals surface area contributed by atoms with E-state index in [9.17, 15) is 0 Å². The number of nitrogens with zero attached hydrogens (tertiary/aromatic N) is 3. The van der Waals surface area contributed by atoms with Crippen LogP contribution in [-0.2, 0) is 0 Å². The Labute approximate surface area is 122 Å². The molecule has 20 heavy (non-hydrogen) atoms. The van der Waals surface area contributed by atoms with E-state index in [1.54, 1.807) is 23.5 Å². The maximum absolute atomic E-state index is 6.12. The first-order chi connectivity index (χ1) is 9.78. The minimum Gasteiger partial charge on any atom is -0.497 e. The number of nitrogen functional groups attached to an aromatic ring is 1. The van der Waals surface area contributed by atoms with Crippen LogP contribution < -0.4 is 10.6 Å². The van der Waals surface area contributed by atoms with Gasteiger partial charge in [-0.05, 0) is 37.1 Å². The van der Waals surface area contributed by atoms with Gasteiger partial charge < -0.3 is 10.6 Å². The van der Waals surface area contributed by atoms with E-state index >= 15 is 0 Å². The molecule has 0 amide bonds. The number of methoxy groups -OCH3 is 1. The van der Waals surface area contributed by atoms with Crippen LogP contribution in [0.3, 0.4) is 0 Å². The lowest BCUT2D eigenvalue weighted by Crippen LogP contribution is -2.12. The molecule has 1 fully saturated rings. The molecule has 1 heterocycles. The second-order valence-corrected chi connectivity index (χ2v) is 6.20. The molecule has 1 aromatic heterocycles. The molecular formula is C14H18N4OS. The van der Waals surface area contributed by atoms with Crippen molar-refractivity contribution in [3.63, 3.8) is 0 Å². The first-order valence-corrected chi connectivity index (χ1v) is 7.67. The number of hydrogen-bond acceptors (Lipinski definition) is 5. The van der Waals surface area contributed by atoms with Gasteiger partial charge in [-0.2, -0.15) is 0 Å². The van der Waals surface area contributed by atoms with E-state index in [4.69, 9.17) is 10.6 Å². The fourth-order valence-corrected chi connectivity index (χ4v) is 3.60. The van der Waals surface area contributed by atoms with Gasteiger partial charge in [-0.15, -0.1) is 10.2 Å². The summed E-state index contributed by atoms with van der Waals surface area (Å²) in [6, 6.07) is 7.67. The SMILES string of the molecule is COc1ccc(-c2nnc(SC3CCCC3)n2N)cc1. The summed E-state index contributed by atoms with van der Waals surface area (Å²) in [5.74, 6) is 7.63. The van der Waals surface area contributed by atoms with Crippen LogP contribution in [0.4, 0.5) is 0 Å². The third kappa shape index (κ3) is 2.60. The smallest absolute Gasteiger partial charge is 0.210 e. The van der Waals surface area contributed by atoms with Gasteiger partial charge in [0.2, 0.25) is 5.16 Å². The Morgan fingerprint density at radius 2 is 1.90 bits per heavy atom. The molecule has 0 spiro atoms. The van der Waals surface area contributed by atoms with Crippen molar-refractivity contribution < 1.29 is 4.74 Å². The van der Waals surface area contributed by atoms with Crippen molar-refractivity contribution in [2.45, 2.75) is 36.1 Å². The molecule has 0 bridgehead atoms. The number of aromatic nitrogens is 3. The Kier molecular flexibility index (Phi) is 3.82. The fourth-order valence-electron chi connectivity index (χ4n) is 2.45. The van der Waals surface area contributed by atoms with Crippen molar-refractivity contribution in [3.8, 4) is 17.1 Å². The van der Waals surface area contributed by atoms with Crippen LogP contribution in [0.25, 0.3) is 11.4 Å². The van der Waals surface area contributed by atoms with Gasteiger partial charge in [0.15, 0.2) is 5.82 Å². The zero-order chi connectivity index (χ0) is 13.9. The fraction of sp³-hybridized carbons (Fsp3) is 0.429. The van der Waals surface area contributed by atoms with Gasteiger partial charge in [-0.1, -0.05) is 24.6 Å². The summed E-state index contributed by atoms with van der Waals surface area (Å²) in [5, 5.41) is 9.85. The van der Waals surface area contributed by atoms with Crippen molar-refractivity contribution >= 4 is 11.8 Å². The van der Waals surface area contributed by atoms with Crippen LogP contribution >= 0.6 is 11.8 Å². The highest BCUT2D eigenvalue weighted by Crippen LogP contribution is 2.34. The topological polar surface area (TPSA) is 66.0 Å². The summed E-state index contributed by atoms with van der Waals surface area (Å²) in [6.45, 7) is 0. The van der Waals surface area contributed by atoms with Gasteiger partial charge in [-0.3, -0.25) is 0 Å². The van der Waals surface area contributed by atoms with Gasteiger partial charge >= 0.3 is 0 Å². The Bertz CT molecular complexity index is 575. The predicted octanol–water partition coefficient (Wildman–Crippen LogP) is 2.70. The number of ether oxygens (including phenoxy) is 1.